The van der Waals surface area contributed by atoms with E-state index >= 15 is 0 Å². The second-order valence-corrected chi connectivity index (χ2v) is 18.5. The molecule has 3 heterocycles. The minimum atomic E-state index is -0.131. The number of anilines is 2. The number of nitrogens with zero attached hydrogens (tertiary/aromatic N) is 4. The summed E-state index contributed by atoms with van der Waals surface area (Å²) in [5.41, 5.74) is 8.76. The first-order valence-corrected chi connectivity index (χ1v) is 18.7. The number of aromatic nitrogens is 2. The number of rotatable bonds is 5. The molecule has 284 valence electrons. The number of pyridine rings is 1. The Morgan fingerprint density at radius 2 is 1.28 bits per heavy atom. The van der Waals surface area contributed by atoms with Crippen molar-refractivity contribution in [3.05, 3.63) is 139 Å². The van der Waals surface area contributed by atoms with Crippen LogP contribution in [0.2, 0.25) is 0 Å². The summed E-state index contributed by atoms with van der Waals surface area (Å²) in [5.74, 6) is 2.14. The van der Waals surface area contributed by atoms with E-state index in [4.69, 9.17) is 9.72 Å². The smallest absolute Gasteiger partial charge is 0.135 e. The van der Waals surface area contributed by atoms with Gasteiger partial charge in [0, 0.05) is 61.1 Å². The molecule has 6 heteroatoms. The van der Waals surface area contributed by atoms with Gasteiger partial charge in [0.15, 0.2) is 0 Å². The van der Waals surface area contributed by atoms with Gasteiger partial charge in [-0.25, -0.2) is 4.98 Å². The van der Waals surface area contributed by atoms with Crippen LogP contribution in [0.3, 0.4) is 0 Å². The van der Waals surface area contributed by atoms with E-state index in [0.29, 0.717) is 11.5 Å². The largest absolute Gasteiger partial charge is 0.509 e. The summed E-state index contributed by atoms with van der Waals surface area (Å²) in [5, 5.41) is 2.26. The quantitative estimate of drug-likeness (QED) is 0.161. The van der Waals surface area contributed by atoms with E-state index in [1.165, 1.54) is 16.8 Å². The Morgan fingerprint density at radius 1 is 0.611 bits per heavy atom. The van der Waals surface area contributed by atoms with Crippen molar-refractivity contribution < 1.29 is 25.8 Å². The number of fused-ring (bicyclic) bond motifs is 3. The first-order chi connectivity index (χ1) is 24.8. The van der Waals surface area contributed by atoms with Crippen LogP contribution < -0.4 is 14.5 Å². The van der Waals surface area contributed by atoms with Crippen molar-refractivity contribution >= 4 is 33.2 Å². The zero-order valence-electron chi connectivity index (χ0n) is 33.8. The Hall–Kier alpha value is -4.34. The summed E-state index contributed by atoms with van der Waals surface area (Å²) in [6, 6.07) is 37.5. The van der Waals surface area contributed by atoms with Crippen LogP contribution in [0.15, 0.2) is 103 Å². The molecule has 0 aliphatic carbocycles. The molecule has 5 nitrogen and oxygen atoms in total. The molecule has 7 rings (SSSR count). The number of benzene rings is 4. The van der Waals surface area contributed by atoms with Crippen LogP contribution in [0, 0.1) is 24.2 Å². The first-order valence-electron chi connectivity index (χ1n) is 18.7. The van der Waals surface area contributed by atoms with Crippen LogP contribution in [-0.2, 0) is 37.3 Å². The molecule has 0 saturated carbocycles. The summed E-state index contributed by atoms with van der Waals surface area (Å²) in [7, 11) is 0. The molecule has 1 aliphatic rings. The van der Waals surface area contributed by atoms with Crippen LogP contribution in [-0.4, -0.2) is 9.55 Å². The van der Waals surface area contributed by atoms with E-state index in [0.717, 1.165) is 44.6 Å². The number of ether oxygens (including phenoxy) is 1. The third kappa shape index (κ3) is 7.76. The van der Waals surface area contributed by atoms with Crippen LogP contribution >= 0.6 is 0 Å². The van der Waals surface area contributed by atoms with Crippen LogP contribution in [0.4, 0.5) is 11.4 Å². The summed E-state index contributed by atoms with van der Waals surface area (Å²) in [6.07, 6.45) is 4.15. The average molecular weight is 897 g/mol. The maximum atomic E-state index is 6.75. The third-order valence-corrected chi connectivity index (χ3v) is 10.1. The van der Waals surface area contributed by atoms with Gasteiger partial charge in [0.1, 0.15) is 5.82 Å². The van der Waals surface area contributed by atoms with Gasteiger partial charge in [0.25, 0.3) is 0 Å². The Balaban J connectivity index is 0.00000497. The zero-order chi connectivity index (χ0) is 38.1. The minimum absolute atomic E-state index is 0. The Kier molecular flexibility index (Phi) is 10.2. The van der Waals surface area contributed by atoms with Crippen LogP contribution in [0.1, 0.15) is 99.8 Å². The molecule has 0 unspecified atom stereocenters. The Bertz CT molecular complexity index is 2340. The Morgan fingerprint density at radius 3 is 1.93 bits per heavy atom. The Labute approximate surface area is 337 Å². The fraction of sp³-hybridized carbons (Fsp3) is 0.333. The number of para-hydroxylation sites is 1. The molecule has 0 amide bonds. The molecular formula is C48H53N4OPt-3. The molecule has 0 fully saturated rings. The molecular weight excluding hydrogens is 844 g/mol. The predicted octanol–water partition coefficient (Wildman–Crippen LogP) is 12.8. The molecule has 1 aliphatic heterocycles. The van der Waals surface area contributed by atoms with Crippen molar-refractivity contribution in [1.82, 2.24) is 9.55 Å². The van der Waals surface area contributed by atoms with E-state index < -0.39 is 0 Å². The van der Waals surface area contributed by atoms with Crippen molar-refractivity contribution in [3.63, 3.8) is 0 Å². The van der Waals surface area contributed by atoms with Gasteiger partial charge in [0.2, 0.25) is 0 Å². The van der Waals surface area contributed by atoms with E-state index in [1.807, 2.05) is 12.3 Å². The average Bonchev–Trinajstić information content (AvgIpc) is 3.68. The topological polar surface area (TPSA) is 33.5 Å². The van der Waals surface area contributed by atoms with Gasteiger partial charge < -0.3 is 19.1 Å². The summed E-state index contributed by atoms with van der Waals surface area (Å²) < 4.78 is 8.95. The van der Waals surface area contributed by atoms with E-state index in [-0.39, 0.29) is 42.7 Å². The summed E-state index contributed by atoms with van der Waals surface area (Å²) in [6.45, 7) is 29.1. The standard InChI is InChI=1S/C48H53N4O.Pt/c1-45(2,3)32-17-19-35(20-18-32)50-30-43(48(10,11)12)51(31-50)36-25-34(47(7,8)9)26-38(28-36)53-37-21-22-40-39-15-13-14-16-41(39)52(42(40)29-37)44-27-33(23-24-49-44)46(4,5)6;/h13-27,30-31H,1-12H3;/q-3;. The number of allylic oxidation sites excluding steroid dienone is 1. The molecule has 2 aromatic heterocycles. The first kappa shape index (κ1) is 39.4. The summed E-state index contributed by atoms with van der Waals surface area (Å²) in [4.78, 5) is 9.33. The van der Waals surface area contributed by atoms with Crippen molar-refractivity contribution in [2.75, 3.05) is 9.80 Å². The zero-order valence-corrected chi connectivity index (χ0v) is 36.1. The minimum Gasteiger partial charge on any atom is -0.509 e. The molecule has 0 atom stereocenters. The fourth-order valence-electron chi connectivity index (χ4n) is 6.88. The van der Waals surface area contributed by atoms with Gasteiger partial charge in [-0.3, -0.25) is 0 Å². The molecule has 0 saturated heterocycles. The predicted molar refractivity (Wildman–Crippen MR) is 222 cm³/mol. The molecule has 4 aromatic carbocycles. The second-order valence-electron chi connectivity index (χ2n) is 18.5. The maximum absolute atomic E-state index is 6.75. The van der Waals surface area contributed by atoms with Gasteiger partial charge in [-0.2, -0.15) is 6.07 Å². The van der Waals surface area contributed by atoms with Crippen LogP contribution in [0.5, 0.6) is 11.5 Å². The molecule has 0 radical (unpaired) electrons. The third-order valence-electron chi connectivity index (χ3n) is 10.1. The number of hydrogen-bond acceptors (Lipinski definition) is 4. The number of hydrogen-bond donors (Lipinski definition) is 0. The van der Waals surface area contributed by atoms with Crippen molar-refractivity contribution in [2.24, 2.45) is 5.41 Å². The van der Waals surface area contributed by atoms with E-state index in [2.05, 4.69) is 201 Å². The molecule has 0 spiro atoms. The summed E-state index contributed by atoms with van der Waals surface area (Å²) >= 11 is 0. The second kappa shape index (κ2) is 14.1. The van der Waals surface area contributed by atoms with Crippen molar-refractivity contribution in [2.45, 2.75) is 99.3 Å². The van der Waals surface area contributed by atoms with Gasteiger partial charge in [-0.1, -0.05) is 119 Å². The normalized spacial score (nSPS) is 14.1. The van der Waals surface area contributed by atoms with Gasteiger partial charge in [0.05, 0.1) is 0 Å². The fourth-order valence-corrected chi connectivity index (χ4v) is 6.88. The van der Waals surface area contributed by atoms with Gasteiger partial charge >= 0.3 is 0 Å². The molecule has 54 heavy (non-hydrogen) atoms. The molecule has 0 N–H and O–H groups in total. The van der Waals surface area contributed by atoms with Crippen LogP contribution in [0.25, 0.3) is 27.6 Å². The van der Waals surface area contributed by atoms with Gasteiger partial charge in [-0.15, -0.1) is 53.6 Å². The molecule has 6 aromatic rings. The van der Waals surface area contributed by atoms with E-state index in [9.17, 15) is 0 Å². The monoisotopic (exact) mass is 896 g/mol. The van der Waals surface area contributed by atoms with Crippen molar-refractivity contribution in [1.29, 1.82) is 0 Å². The maximum Gasteiger partial charge on any atom is 0.135 e. The molecule has 0 bridgehead atoms. The van der Waals surface area contributed by atoms with E-state index in [1.54, 1.807) is 0 Å². The van der Waals surface area contributed by atoms with Gasteiger partial charge in [-0.05, 0) is 69.3 Å². The van der Waals surface area contributed by atoms with Crippen molar-refractivity contribution in [3.8, 4) is 17.3 Å². The SMILES string of the molecule is CC(C)(C)C1=CN(c2ccc(C(C)(C)C)cc2)[CH-]N1c1[c-]c(Oc2[c-]c3c(cc2)c2ccccc2n3-c2cc(C(C)(C)C)ccn2)cc(C(C)(C)C)c1.[Pt].